The number of benzene rings is 1. The molecule has 0 aliphatic carbocycles. The first-order chi connectivity index (χ1) is 9.25. The van der Waals surface area contributed by atoms with Gasteiger partial charge in [0, 0.05) is 18.1 Å². The summed E-state index contributed by atoms with van der Waals surface area (Å²) < 4.78 is 1.68. The number of nitrogens with two attached hydrogens (primary N) is 1. The first-order valence-corrected chi connectivity index (χ1v) is 6.51. The third-order valence-electron chi connectivity index (χ3n) is 3.03. The summed E-state index contributed by atoms with van der Waals surface area (Å²) in [6.45, 7) is 1.75. The minimum atomic E-state index is 0.579. The Hall–Kier alpha value is -2.01. The van der Waals surface area contributed by atoms with Crippen molar-refractivity contribution in [2.24, 2.45) is 4.99 Å². The van der Waals surface area contributed by atoms with Gasteiger partial charge in [-0.1, -0.05) is 11.6 Å². The maximum atomic E-state index is 6.15. The van der Waals surface area contributed by atoms with E-state index in [1.807, 2.05) is 24.3 Å². The highest BCUT2D eigenvalue weighted by Gasteiger charge is 2.15. The topological polar surface area (TPSA) is 68.2 Å². The number of rotatable bonds is 2. The smallest absolute Gasteiger partial charge is 0.138 e. The minimum Gasteiger partial charge on any atom is -0.383 e. The number of nitrogens with zero attached hydrogens (tertiary/aromatic N) is 3. The fraction of sp³-hybridized carbons (Fsp3) is 0.231. The van der Waals surface area contributed by atoms with Crippen molar-refractivity contribution in [1.29, 1.82) is 0 Å². The van der Waals surface area contributed by atoms with Gasteiger partial charge in [-0.25, -0.2) is 4.68 Å². The Morgan fingerprint density at radius 1 is 1.26 bits per heavy atom. The van der Waals surface area contributed by atoms with Gasteiger partial charge in [0.05, 0.1) is 17.4 Å². The molecule has 98 valence electrons. The standard InChI is InChI=1S/C13H14ClN5/c14-9-2-4-10(5-3-9)19-12(15)11(8-18-19)13-16-6-1-7-17-13/h2-5,8H,1,6-7,15H2,(H,16,17). The monoisotopic (exact) mass is 275 g/mol. The fourth-order valence-corrected chi connectivity index (χ4v) is 2.17. The molecule has 0 radical (unpaired) electrons. The molecule has 2 aromatic rings. The molecule has 0 saturated heterocycles. The molecule has 1 aromatic carbocycles. The molecule has 0 saturated carbocycles. The highest BCUT2D eigenvalue weighted by atomic mass is 35.5. The summed E-state index contributed by atoms with van der Waals surface area (Å²) in [4.78, 5) is 4.43. The molecule has 0 bridgehead atoms. The van der Waals surface area contributed by atoms with Gasteiger partial charge in [0.15, 0.2) is 0 Å². The van der Waals surface area contributed by atoms with Crippen molar-refractivity contribution in [3.8, 4) is 5.69 Å². The second-order valence-corrected chi connectivity index (χ2v) is 4.78. The van der Waals surface area contributed by atoms with Crippen molar-refractivity contribution in [2.75, 3.05) is 18.8 Å². The van der Waals surface area contributed by atoms with Crippen molar-refractivity contribution in [3.63, 3.8) is 0 Å². The van der Waals surface area contributed by atoms with Crippen LogP contribution in [0.4, 0.5) is 5.82 Å². The SMILES string of the molecule is Nc1c(C2=NCCCN2)cnn1-c1ccc(Cl)cc1. The van der Waals surface area contributed by atoms with Crippen LogP contribution < -0.4 is 11.1 Å². The third kappa shape index (κ3) is 2.29. The number of anilines is 1. The number of amidine groups is 1. The lowest BCUT2D eigenvalue weighted by atomic mass is 10.2. The second kappa shape index (κ2) is 4.93. The second-order valence-electron chi connectivity index (χ2n) is 4.34. The van der Waals surface area contributed by atoms with Crippen molar-refractivity contribution < 1.29 is 0 Å². The number of hydrogen-bond acceptors (Lipinski definition) is 4. The van der Waals surface area contributed by atoms with E-state index in [1.54, 1.807) is 10.9 Å². The molecule has 3 N–H and O–H groups in total. The van der Waals surface area contributed by atoms with Gasteiger partial charge in [-0.05, 0) is 30.7 Å². The van der Waals surface area contributed by atoms with E-state index in [9.17, 15) is 0 Å². The predicted molar refractivity (Wildman–Crippen MR) is 77.0 cm³/mol. The number of aliphatic imine (C=N–C) groups is 1. The number of nitrogen functional groups attached to an aromatic ring is 1. The molecular formula is C13H14ClN5. The Morgan fingerprint density at radius 2 is 2.05 bits per heavy atom. The van der Waals surface area contributed by atoms with Gasteiger partial charge in [-0.3, -0.25) is 4.99 Å². The summed E-state index contributed by atoms with van der Waals surface area (Å²) in [6, 6.07) is 7.39. The van der Waals surface area contributed by atoms with Crippen molar-refractivity contribution in [2.45, 2.75) is 6.42 Å². The van der Waals surface area contributed by atoms with E-state index in [0.29, 0.717) is 10.8 Å². The molecule has 0 amide bonds. The lowest BCUT2D eigenvalue weighted by molar-refractivity contribution is 0.742. The van der Waals surface area contributed by atoms with Crippen LogP contribution in [0.25, 0.3) is 5.69 Å². The van der Waals surface area contributed by atoms with Gasteiger partial charge in [0.2, 0.25) is 0 Å². The molecule has 1 aliphatic heterocycles. The van der Waals surface area contributed by atoms with E-state index in [-0.39, 0.29) is 0 Å². The average molecular weight is 276 g/mol. The number of hydrogen-bond donors (Lipinski definition) is 2. The summed E-state index contributed by atoms with van der Waals surface area (Å²) in [5.41, 5.74) is 7.87. The zero-order valence-corrected chi connectivity index (χ0v) is 11.1. The van der Waals surface area contributed by atoms with Gasteiger partial charge in [0.25, 0.3) is 0 Å². The average Bonchev–Trinajstić information content (AvgIpc) is 2.83. The summed E-state index contributed by atoms with van der Waals surface area (Å²) in [6.07, 6.45) is 2.79. The molecule has 2 heterocycles. The Bertz CT molecular complexity index is 614. The summed E-state index contributed by atoms with van der Waals surface area (Å²) in [7, 11) is 0. The quantitative estimate of drug-likeness (QED) is 0.879. The van der Waals surface area contributed by atoms with Crippen LogP contribution in [-0.2, 0) is 0 Å². The van der Waals surface area contributed by atoms with Crippen LogP contribution in [0.15, 0.2) is 35.5 Å². The van der Waals surface area contributed by atoms with Crippen LogP contribution in [0, 0.1) is 0 Å². The van der Waals surface area contributed by atoms with Crippen LogP contribution in [0.5, 0.6) is 0 Å². The van der Waals surface area contributed by atoms with Crippen LogP contribution in [0.1, 0.15) is 12.0 Å². The first-order valence-electron chi connectivity index (χ1n) is 6.14. The maximum Gasteiger partial charge on any atom is 0.138 e. The molecule has 0 atom stereocenters. The van der Waals surface area contributed by atoms with Gasteiger partial charge in [-0.2, -0.15) is 5.10 Å². The highest BCUT2D eigenvalue weighted by Crippen LogP contribution is 2.19. The Balaban J connectivity index is 1.98. The molecule has 0 spiro atoms. The van der Waals surface area contributed by atoms with Crippen LogP contribution in [0.2, 0.25) is 5.02 Å². The van der Waals surface area contributed by atoms with Crippen molar-refractivity contribution in [1.82, 2.24) is 15.1 Å². The van der Waals surface area contributed by atoms with E-state index < -0.39 is 0 Å². The van der Waals surface area contributed by atoms with Crippen LogP contribution >= 0.6 is 11.6 Å². The Labute approximate surface area is 116 Å². The lowest BCUT2D eigenvalue weighted by Crippen LogP contribution is -2.30. The fourth-order valence-electron chi connectivity index (χ4n) is 2.04. The van der Waals surface area contributed by atoms with E-state index in [2.05, 4.69) is 15.4 Å². The zero-order valence-electron chi connectivity index (χ0n) is 10.3. The maximum absolute atomic E-state index is 6.15. The first kappa shape index (κ1) is 12.0. The van der Waals surface area contributed by atoms with Crippen LogP contribution in [0.3, 0.4) is 0 Å². The highest BCUT2D eigenvalue weighted by molar-refractivity contribution is 6.30. The van der Waals surface area contributed by atoms with Crippen molar-refractivity contribution in [3.05, 3.63) is 41.0 Å². The molecule has 1 aliphatic rings. The van der Waals surface area contributed by atoms with Gasteiger partial charge in [0.1, 0.15) is 11.7 Å². The zero-order chi connectivity index (χ0) is 13.2. The number of nitrogens with one attached hydrogen (secondary N) is 1. The number of aromatic nitrogens is 2. The lowest BCUT2D eigenvalue weighted by Gasteiger charge is -2.14. The molecular weight excluding hydrogens is 262 g/mol. The molecule has 1 aromatic heterocycles. The summed E-state index contributed by atoms with van der Waals surface area (Å²) >= 11 is 5.88. The molecule has 0 fully saturated rings. The van der Waals surface area contributed by atoms with Crippen LogP contribution in [-0.4, -0.2) is 28.7 Å². The van der Waals surface area contributed by atoms with Gasteiger partial charge in [-0.15, -0.1) is 0 Å². The van der Waals surface area contributed by atoms with Gasteiger partial charge < -0.3 is 11.1 Å². The minimum absolute atomic E-state index is 0.579. The third-order valence-corrected chi connectivity index (χ3v) is 3.28. The van der Waals surface area contributed by atoms with E-state index >= 15 is 0 Å². The normalized spacial score (nSPS) is 14.9. The number of halogens is 1. The summed E-state index contributed by atoms with van der Waals surface area (Å²) in [5, 5.41) is 8.25. The van der Waals surface area contributed by atoms with Crippen molar-refractivity contribution >= 4 is 23.3 Å². The van der Waals surface area contributed by atoms with E-state index in [4.69, 9.17) is 17.3 Å². The van der Waals surface area contributed by atoms with Gasteiger partial charge >= 0.3 is 0 Å². The van der Waals surface area contributed by atoms with E-state index in [0.717, 1.165) is 36.6 Å². The predicted octanol–water partition coefficient (Wildman–Crippen LogP) is 1.85. The molecule has 3 rings (SSSR count). The molecule has 0 unspecified atom stereocenters. The molecule has 19 heavy (non-hydrogen) atoms. The molecule has 6 heteroatoms. The summed E-state index contributed by atoms with van der Waals surface area (Å²) in [5.74, 6) is 1.40. The largest absolute Gasteiger partial charge is 0.383 e. The Morgan fingerprint density at radius 3 is 2.74 bits per heavy atom. The Kier molecular flexibility index (Phi) is 3.13. The van der Waals surface area contributed by atoms with E-state index in [1.165, 1.54) is 0 Å². The molecule has 5 nitrogen and oxygen atoms in total.